The lowest BCUT2D eigenvalue weighted by molar-refractivity contribution is -0.353. The molecule has 10 N–H and O–H groups in total. The molecule has 0 aliphatic carbocycles. The zero-order valence-corrected chi connectivity index (χ0v) is 70.6. The fraction of sp³-hybridized carbons (Fsp3) is 0.760. The van der Waals surface area contributed by atoms with Crippen LogP contribution in [0.3, 0.4) is 0 Å². The van der Waals surface area contributed by atoms with Gasteiger partial charge in [0, 0.05) is 89.0 Å². The molecule has 6 fully saturated rings. The molecule has 45 nitrogen and oxygen atoms in total. The number of aliphatic hydroxyl groups excluding tert-OH is 1. The van der Waals surface area contributed by atoms with E-state index in [9.17, 15) is 81.8 Å². The van der Waals surface area contributed by atoms with Crippen molar-refractivity contribution in [3.8, 4) is 0 Å². The molecule has 6 rings (SSSR count). The third-order valence-electron chi connectivity index (χ3n) is 20.0. The molecule has 6 aliphatic heterocycles. The van der Waals surface area contributed by atoms with Crippen molar-refractivity contribution in [3.05, 3.63) is 0 Å². The minimum Gasteiger partial charge on any atom is -0.463 e. The van der Waals surface area contributed by atoms with Gasteiger partial charge in [0.15, 0.2) is 49.4 Å². The van der Waals surface area contributed by atoms with E-state index >= 15 is 9.59 Å². The van der Waals surface area contributed by atoms with Gasteiger partial charge in [-0.1, -0.05) is 0 Å². The van der Waals surface area contributed by atoms with Crippen molar-refractivity contribution in [3.63, 3.8) is 0 Å². The molecule has 120 heavy (non-hydrogen) atoms. The van der Waals surface area contributed by atoms with Gasteiger partial charge in [-0.2, -0.15) is 0 Å². The molecule has 45 heteroatoms. The van der Waals surface area contributed by atoms with Crippen molar-refractivity contribution in [2.24, 2.45) is 0 Å². The zero-order chi connectivity index (χ0) is 89.6. The zero-order valence-electron chi connectivity index (χ0n) is 70.6. The highest BCUT2D eigenvalue weighted by Gasteiger charge is 2.59. The van der Waals surface area contributed by atoms with Gasteiger partial charge in [0.25, 0.3) is 0 Å². The van der Waals surface area contributed by atoms with Gasteiger partial charge in [-0.25, -0.2) is 0 Å². The SMILES string of the molecule is CNC(=O)C(C)NC(=O)C1CCCN1C(=O)C1CCCN1C(=O)C(C)NC(=O)C(NC(=O)C(COC(C)(C)C)NC(=O)CNC(=O)C1CCCN1C(=O)C(C)NC)C(C)O[C@H]1OC(CO[C@@H]2OC(COC(C)=O)[C@@H](OC(C)=O)C(OC(C)=O)[C@@H]2NC(C)=O)[C@H](O)C(O[C@@H]2OC(COC(C)=O)[C@H](OC(C)=O)C(OC(C)=O)[C@@H]2OC(C)=O)[C@@H]1NC(C)=O. The predicted octanol–water partition coefficient (Wildman–Crippen LogP) is -5.64. The first kappa shape index (κ1) is 98.9. The van der Waals surface area contributed by atoms with Gasteiger partial charge in [-0.15, -0.1) is 0 Å². The number of ether oxygens (including phenoxy) is 14. The fourth-order valence-electron chi connectivity index (χ4n) is 14.4. The number of amides is 11. The Morgan fingerprint density at radius 3 is 1.45 bits per heavy atom. The van der Waals surface area contributed by atoms with E-state index in [-0.39, 0.29) is 51.2 Å². The number of nitrogens with one attached hydrogen (secondary N) is 9. The van der Waals surface area contributed by atoms with Crippen LogP contribution < -0.4 is 47.9 Å². The third kappa shape index (κ3) is 28.1. The maximum atomic E-state index is 15.6. The Bertz CT molecular complexity index is 3720. The van der Waals surface area contributed by atoms with Gasteiger partial charge < -0.3 is 134 Å². The lowest BCUT2D eigenvalue weighted by Crippen LogP contribution is -2.70. The third-order valence-corrected chi connectivity index (χ3v) is 20.0. The van der Waals surface area contributed by atoms with E-state index in [4.69, 9.17) is 66.3 Å². The van der Waals surface area contributed by atoms with Crippen LogP contribution in [0.15, 0.2) is 0 Å². The number of rotatable bonds is 36. The van der Waals surface area contributed by atoms with E-state index < -0.39 is 286 Å². The van der Waals surface area contributed by atoms with Crippen LogP contribution in [0.1, 0.15) is 149 Å². The second-order valence-electron chi connectivity index (χ2n) is 30.7. The molecule has 0 aromatic rings. The molecule has 674 valence electrons. The molecule has 24 atom stereocenters. The van der Waals surface area contributed by atoms with E-state index in [2.05, 4.69) is 47.9 Å². The van der Waals surface area contributed by atoms with E-state index in [0.717, 1.165) is 62.3 Å². The number of nitrogens with zero attached hydrogens (tertiary/aromatic N) is 3. The number of carbonyl (C=O) groups is 18. The molecular weight excluding hydrogens is 1600 g/mol. The Balaban J connectivity index is 1.50. The molecule has 6 heterocycles. The van der Waals surface area contributed by atoms with E-state index in [1.807, 2.05) is 0 Å². The van der Waals surface area contributed by atoms with E-state index in [0.29, 0.717) is 12.8 Å². The Kier molecular flexibility index (Phi) is 37.2. The first-order valence-corrected chi connectivity index (χ1v) is 39.4. The summed E-state index contributed by atoms with van der Waals surface area (Å²) in [6.07, 6.45) is -25.5. The topological polar surface area (TPSA) is 575 Å². The summed E-state index contributed by atoms with van der Waals surface area (Å²) in [5, 5.41) is 36.2. The van der Waals surface area contributed by atoms with Crippen LogP contribution in [0.5, 0.6) is 0 Å². The number of hydrogen-bond acceptors (Lipinski definition) is 34. The van der Waals surface area contributed by atoms with Crippen molar-refractivity contribution in [1.29, 1.82) is 0 Å². The van der Waals surface area contributed by atoms with Crippen molar-refractivity contribution >= 4 is 107 Å². The number of hydrogen-bond donors (Lipinski definition) is 10. The van der Waals surface area contributed by atoms with Gasteiger partial charge in [-0.3, -0.25) is 86.3 Å². The summed E-state index contributed by atoms with van der Waals surface area (Å²) in [7, 11) is 2.95. The van der Waals surface area contributed by atoms with Crippen LogP contribution in [0.2, 0.25) is 0 Å². The number of likely N-dealkylation sites (N-methyl/N-ethyl adjacent to an activating group) is 2. The highest BCUT2D eigenvalue weighted by molar-refractivity contribution is 5.98. The Morgan fingerprint density at radius 1 is 0.467 bits per heavy atom. The molecule has 0 bridgehead atoms. The molecule has 0 aromatic heterocycles. The van der Waals surface area contributed by atoms with Crippen molar-refractivity contribution in [2.45, 2.75) is 301 Å². The summed E-state index contributed by atoms with van der Waals surface area (Å²) in [5.74, 6) is -15.9. The average Bonchev–Trinajstić information content (AvgIpc) is 1.06. The summed E-state index contributed by atoms with van der Waals surface area (Å²) < 4.78 is 83.5. The smallest absolute Gasteiger partial charge is 0.303 e. The fourth-order valence-corrected chi connectivity index (χ4v) is 14.4. The molecule has 0 aromatic carbocycles. The van der Waals surface area contributed by atoms with Gasteiger partial charge in [0.05, 0.1) is 37.5 Å². The van der Waals surface area contributed by atoms with Crippen LogP contribution in [0, 0.1) is 0 Å². The molecule has 0 radical (unpaired) electrons. The minimum absolute atomic E-state index is 0.0337. The molecule has 11 amide bonds. The average molecular weight is 1710 g/mol. The number of esters is 7. The Hall–Kier alpha value is -9.90. The lowest BCUT2D eigenvalue weighted by atomic mass is 9.94. The van der Waals surface area contributed by atoms with Gasteiger partial charge in [0.1, 0.15) is 98.1 Å². The first-order valence-electron chi connectivity index (χ1n) is 39.4. The van der Waals surface area contributed by atoms with Crippen molar-refractivity contribution in [2.75, 3.05) is 66.7 Å². The van der Waals surface area contributed by atoms with Crippen LogP contribution in [0.4, 0.5) is 0 Å². The normalized spacial score (nSPS) is 28.1. The standard InChI is InChI=1S/C75H116N12O33/c1-33(64(99)77-18)79-67(102)48-23-20-26-86(48)71(106)49-24-21-27-87(49)70(105)35(3)80-68(103)54(84-65(100)46(29-110-75(14,15)16)83-53(97)28-78-66(101)47-22-19-25-85(47)69(104)34(2)76-17)36(4)111-73-55(81-37(5)88)60(120-74-63(116-45(13)96)62(115-44(12)95)59(113-42(10)93)52(119-74)32-108-40(8)91)57(98)50(117-73)30-109-72-56(82-38(6)89)61(114-43(11)94)58(112-41(9)92)51(118-72)31-107-39(7)90/h33-36,46-52,54-63,72-74,76,98H,19-32H2,1-18H3,(H,77,99)(H,78,101)(H,79,102)(H,80,103)(H,81,88)(H,82,89)(H,83,97)(H,84,100)/t33?,34?,35?,36?,46?,47?,48?,49?,50?,51?,52?,54?,55-,56-,57-,58+,59-,60?,61?,62?,63-,72+,73-,74-/m0/s1. The van der Waals surface area contributed by atoms with Crippen molar-refractivity contribution in [1.82, 2.24) is 62.6 Å². The highest BCUT2D eigenvalue weighted by atomic mass is 16.8. The number of likely N-dealkylation sites (tertiary alicyclic amines) is 3. The van der Waals surface area contributed by atoms with Gasteiger partial charge in [-0.05, 0) is 94.0 Å². The second kappa shape index (κ2) is 45.1. The second-order valence-corrected chi connectivity index (χ2v) is 30.7. The van der Waals surface area contributed by atoms with Crippen molar-refractivity contribution < 1.29 is 158 Å². The largest absolute Gasteiger partial charge is 0.463 e. The molecular formula is C75H116N12O33. The molecule has 6 aliphatic rings. The number of aliphatic hydroxyl groups is 1. The maximum absolute atomic E-state index is 15.6. The molecule has 15 unspecified atom stereocenters. The first-order chi connectivity index (χ1) is 56.2. The Morgan fingerprint density at radius 2 is 0.933 bits per heavy atom. The minimum atomic E-state index is -2.28. The van der Waals surface area contributed by atoms with Crippen LogP contribution in [-0.2, 0) is 153 Å². The monoisotopic (exact) mass is 1710 g/mol. The van der Waals surface area contributed by atoms with Crippen LogP contribution >= 0.6 is 0 Å². The maximum Gasteiger partial charge on any atom is 0.303 e. The lowest BCUT2D eigenvalue weighted by Gasteiger charge is -2.49. The summed E-state index contributed by atoms with van der Waals surface area (Å²) >= 11 is 0. The van der Waals surface area contributed by atoms with Crippen LogP contribution in [-0.4, -0.2) is 345 Å². The van der Waals surface area contributed by atoms with Crippen LogP contribution in [0.25, 0.3) is 0 Å². The predicted molar refractivity (Wildman–Crippen MR) is 404 cm³/mol. The summed E-state index contributed by atoms with van der Waals surface area (Å²) in [6.45, 7) is 15.4. The number of carbonyl (C=O) groups excluding carboxylic acids is 18. The molecule has 6 saturated heterocycles. The van der Waals surface area contributed by atoms with Gasteiger partial charge in [0.2, 0.25) is 65.0 Å². The molecule has 0 spiro atoms. The summed E-state index contributed by atoms with van der Waals surface area (Å²) in [6, 6.07) is -14.1. The summed E-state index contributed by atoms with van der Waals surface area (Å²) in [4.78, 5) is 248. The highest BCUT2D eigenvalue weighted by Crippen LogP contribution is 2.37. The van der Waals surface area contributed by atoms with Gasteiger partial charge >= 0.3 is 41.8 Å². The molecule has 0 saturated carbocycles. The quantitative estimate of drug-likeness (QED) is 0.0206. The van der Waals surface area contributed by atoms with E-state index in [1.54, 1.807) is 34.7 Å². The Labute approximate surface area is 692 Å². The summed E-state index contributed by atoms with van der Waals surface area (Å²) in [5.41, 5.74) is -1.06. The van der Waals surface area contributed by atoms with E-state index in [1.165, 1.54) is 42.5 Å².